The number of carbonyl (C=O) groups excluding carboxylic acids is 2. The van der Waals surface area contributed by atoms with Gasteiger partial charge in [0, 0.05) is 5.56 Å². The Balaban J connectivity index is 1.79. The second kappa shape index (κ2) is 5.76. The third-order valence-corrected chi connectivity index (χ3v) is 4.60. The number of aliphatic hydroxyl groups excluding tert-OH is 1. The molecule has 2 aliphatic rings. The number of rotatable bonds is 3. The zero-order chi connectivity index (χ0) is 15.9. The molecule has 4 nitrogen and oxygen atoms in total. The van der Waals surface area contributed by atoms with Gasteiger partial charge in [-0.1, -0.05) is 12.8 Å². The van der Waals surface area contributed by atoms with E-state index in [0.29, 0.717) is 12.8 Å². The van der Waals surface area contributed by atoms with Gasteiger partial charge >= 0.3 is 0 Å². The summed E-state index contributed by atoms with van der Waals surface area (Å²) in [5.74, 6) is -2.67. The molecule has 2 fully saturated rings. The minimum absolute atomic E-state index is 0.240. The fourth-order valence-corrected chi connectivity index (χ4v) is 3.45. The maximum atomic E-state index is 13.7. The van der Waals surface area contributed by atoms with Crippen LogP contribution in [0.15, 0.2) is 18.2 Å². The Labute approximate surface area is 126 Å². The predicted octanol–water partition coefficient (Wildman–Crippen LogP) is 2.17. The van der Waals surface area contributed by atoms with Crippen molar-refractivity contribution in [3.8, 4) is 0 Å². The number of likely N-dealkylation sites (tertiary alicyclic amines) is 1. The number of aliphatic hydroxyl groups is 1. The first-order valence-electron chi connectivity index (χ1n) is 7.47. The van der Waals surface area contributed by atoms with Crippen molar-refractivity contribution in [3.63, 3.8) is 0 Å². The first-order valence-corrected chi connectivity index (χ1v) is 7.47. The van der Waals surface area contributed by atoms with Crippen LogP contribution in [-0.2, 0) is 9.59 Å². The number of amides is 2. The maximum Gasteiger partial charge on any atom is 0.233 e. The van der Waals surface area contributed by atoms with Gasteiger partial charge in [-0.05, 0) is 31.0 Å². The van der Waals surface area contributed by atoms with Crippen LogP contribution in [0.4, 0.5) is 8.78 Å². The molecule has 1 N–H and O–H groups in total. The molecule has 6 heteroatoms. The largest absolute Gasteiger partial charge is 0.386 e. The summed E-state index contributed by atoms with van der Waals surface area (Å²) < 4.78 is 26.9. The SMILES string of the molecule is O=C1[C@@H]2CCCC[C@H]2C(=O)N1C[C@@H](O)c1cc(F)ccc1F. The Hall–Kier alpha value is -1.82. The number of hydrogen-bond acceptors (Lipinski definition) is 3. The summed E-state index contributed by atoms with van der Waals surface area (Å²) in [6.45, 7) is -0.328. The highest BCUT2D eigenvalue weighted by Crippen LogP contribution is 2.38. The lowest BCUT2D eigenvalue weighted by atomic mass is 9.81. The molecule has 1 saturated carbocycles. The molecule has 1 aromatic rings. The number of benzene rings is 1. The zero-order valence-electron chi connectivity index (χ0n) is 12.0. The highest BCUT2D eigenvalue weighted by molar-refractivity contribution is 6.05. The van der Waals surface area contributed by atoms with Gasteiger partial charge in [0.25, 0.3) is 0 Å². The van der Waals surface area contributed by atoms with Gasteiger partial charge in [-0.15, -0.1) is 0 Å². The van der Waals surface area contributed by atoms with Crippen LogP contribution < -0.4 is 0 Å². The molecule has 0 aromatic heterocycles. The average Bonchev–Trinajstić information content (AvgIpc) is 2.75. The van der Waals surface area contributed by atoms with E-state index in [-0.39, 0.29) is 35.8 Å². The summed E-state index contributed by atoms with van der Waals surface area (Å²) in [6, 6.07) is 2.76. The van der Waals surface area contributed by atoms with Crippen molar-refractivity contribution in [2.24, 2.45) is 11.8 Å². The third kappa shape index (κ3) is 2.52. The molecular formula is C16H17F2NO3. The van der Waals surface area contributed by atoms with Crippen molar-refractivity contribution >= 4 is 11.8 Å². The number of halogens is 2. The van der Waals surface area contributed by atoms with Gasteiger partial charge < -0.3 is 5.11 Å². The van der Waals surface area contributed by atoms with Crippen molar-refractivity contribution in [3.05, 3.63) is 35.4 Å². The van der Waals surface area contributed by atoms with Crippen LogP contribution in [0.2, 0.25) is 0 Å². The van der Waals surface area contributed by atoms with Gasteiger partial charge in [-0.2, -0.15) is 0 Å². The lowest BCUT2D eigenvalue weighted by molar-refractivity contribution is -0.141. The molecular weight excluding hydrogens is 292 g/mol. The molecule has 1 heterocycles. The van der Waals surface area contributed by atoms with Gasteiger partial charge in [0.15, 0.2) is 0 Å². The van der Waals surface area contributed by atoms with Gasteiger partial charge in [0.05, 0.1) is 24.5 Å². The normalized spacial score (nSPS) is 26.2. The minimum Gasteiger partial charge on any atom is -0.386 e. The van der Waals surface area contributed by atoms with E-state index < -0.39 is 17.7 Å². The Morgan fingerprint density at radius 3 is 2.32 bits per heavy atom. The molecule has 0 radical (unpaired) electrons. The quantitative estimate of drug-likeness (QED) is 0.871. The molecule has 1 saturated heterocycles. The Kier molecular flexibility index (Phi) is 3.95. The first-order chi connectivity index (χ1) is 10.5. The van der Waals surface area contributed by atoms with E-state index in [9.17, 15) is 23.5 Å². The van der Waals surface area contributed by atoms with Crippen LogP contribution in [0.5, 0.6) is 0 Å². The number of fused-ring (bicyclic) bond motifs is 1. The number of hydrogen-bond donors (Lipinski definition) is 1. The van der Waals surface area contributed by atoms with Gasteiger partial charge in [-0.3, -0.25) is 14.5 Å². The highest BCUT2D eigenvalue weighted by Gasteiger charge is 2.48. The Bertz CT molecular complexity index is 595. The number of imide groups is 1. The smallest absolute Gasteiger partial charge is 0.233 e. The number of nitrogens with zero attached hydrogens (tertiary/aromatic N) is 1. The van der Waals surface area contributed by atoms with Crippen molar-refractivity contribution < 1.29 is 23.5 Å². The van der Waals surface area contributed by atoms with E-state index in [2.05, 4.69) is 0 Å². The lowest BCUT2D eigenvalue weighted by Gasteiger charge is -2.19. The van der Waals surface area contributed by atoms with Crippen molar-refractivity contribution in [1.82, 2.24) is 4.90 Å². The van der Waals surface area contributed by atoms with Crippen LogP contribution in [0.3, 0.4) is 0 Å². The van der Waals surface area contributed by atoms with Crippen molar-refractivity contribution in [2.75, 3.05) is 6.54 Å². The fraction of sp³-hybridized carbons (Fsp3) is 0.500. The third-order valence-electron chi connectivity index (χ3n) is 4.60. The summed E-state index contributed by atoms with van der Waals surface area (Å²) >= 11 is 0. The minimum atomic E-state index is -1.43. The Morgan fingerprint density at radius 2 is 1.73 bits per heavy atom. The van der Waals surface area contributed by atoms with E-state index >= 15 is 0 Å². The summed E-state index contributed by atoms with van der Waals surface area (Å²) in [4.78, 5) is 25.6. The monoisotopic (exact) mass is 309 g/mol. The summed E-state index contributed by atoms with van der Waals surface area (Å²) in [5, 5.41) is 10.1. The molecule has 22 heavy (non-hydrogen) atoms. The van der Waals surface area contributed by atoms with Gasteiger partial charge in [0.2, 0.25) is 11.8 Å². The summed E-state index contributed by atoms with van der Waals surface area (Å²) in [5.41, 5.74) is -0.240. The van der Waals surface area contributed by atoms with Crippen LogP contribution in [0, 0.1) is 23.5 Å². The average molecular weight is 309 g/mol. The second-order valence-electron chi connectivity index (χ2n) is 5.97. The lowest BCUT2D eigenvalue weighted by Crippen LogP contribution is -2.35. The van der Waals surface area contributed by atoms with Crippen LogP contribution in [-0.4, -0.2) is 28.4 Å². The molecule has 3 atom stereocenters. The fourth-order valence-electron chi connectivity index (χ4n) is 3.45. The number of carbonyl (C=O) groups is 2. The maximum absolute atomic E-state index is 13.7. The van der Waals surface area contributed by atoms with Crippen molar-refractivity contribution in [1.29, 1.82) is 0 Å². The van der Waals surface area contributed by atoms with Crippen LogP contribution >= 0.6 is 0 Å². The van der Waals surface area contributed by atoms with E-state index in [1.54, 1.807) is 0 Å². The molecule has 118 valence electrons. The predicted molar refractivity (Wildman–Crippen MR) is 73.5 cm³/mol. The van der Waals surface area contributed by atoms with Gasteiger partial charge in [-0.25, -0.2) is 8.78 Å². The van der Waals surface area contributed by atoms with E-state index in [0.717, 1.165) is 35.9 Å². The molecule has 0 bridgehead atoms. The zero-order valence-corrected chi connectivity index (χ0v) is 12.0. The molecule has 0 spiro atoms. The van der Waals surface area contributed by atoms with E-state index in [1.165, 1.54) is 0 Å². The molecule has 0 unspecified atom stereocenters. The van der Waals surface area contributed by atoms with Crippen LogP contribution in [0.1, 0.15) is 37.4 Å². The van der Waals surface area contributed by atoms with Crippen molar-refractivity contribution in [2.45, 2.75) is 31.8 Å². The van der Waals surface area contributed by atoms with Gasteiger partial charge in [0.1, 0.15) is 11.6 Å². The highest BCUT2D eigenvalue weighted by atomic mass is 19.1. The van der Waals surface area contributed by atoms with E-state index in [4.69, 9.17) is 0 Å². The molecule has 1 aliphatic carbocycles. The summed E-state index contributed by atoms with van der Waals surface area (Å²) in [6.07, 6.45) is 1.75. The molecule has 1 aliphatic heterocycles. The second-order valence-corrected chi connectivity index (χ2v) is 5.97. The summed E-state index contributed by atoms with van der Waals surface area (Å²) in [7, 11) is 0. The topological polar surface area (TPSA) is 57.6 Å². The Morgan fingerprint density at radius 1 is 1.14 bits per heavy atom. The van der Waals surface area contributed by atoms with E-state index in [1.807, 2.05) is 0 Å². The molecule has 2 amide bonds. The number of β-amino-alcohol motifs (C(OH)–C–C–N with tert-alkyl or cyclic N) is 1. The molecule has 1 aromatic carbocycles. The van der Waals surface area contributed by atoms with Crippen LogP contribution in [0.25, 0.3) is 0 Å². The molecule has 3 rings (SSSR count). The standard InChI is InChI=1S/C16H17F2NO3/c17-9-5-6-13(18)12(7-9)14(20)8-19-15(21)10-3-1-2-4-11(10)16(19)22/h5-7,10-11,14,20H,1-4,8H2/t10-,11-,14-/m1/s1. The first kappa shape index (κ1) is 15.1.